The van der Waals surface area contributed by atoms with Gasteiger partial charge in [-0.3, -0.25) is 4.79 Å². The zero-order chi connectivity index (χ0) is 13.1. The van der Waals surface area contributed by atoms with Gasteiger partial charge in [0.1, 0.15) is 5.75 Å². The van der Waals surface area contributed by atoms with Gasteiger partial charge in [0.05, 0.1) is 17.1 Å². The fourth-order valence-electron chi connectivity index (χ4n) is 2.27. The first-order chi connectivity index (χ1) is 8.63. The second-order valence-electron chi connectivity index (χ2n) is 4.50. The van der Waals surface area contributed by atoms with E-state index in [4.69, 9.17) is 0 Å². The molecule has 0 saturated carbocycles. The molecule has 0 spiro atoms. The summed E-state index contributed by atoms with van der Waals surface area (Å²) in [4.78, 5) is 14.0. The van der Waals surface area contributed by atoms with Crippen molar-refractivity contribution in [1.82, 2.24) is 4.90 Å². The van der Waals surface area contributed by atoms with E-state index in [0.29, 0.717) is 16.6 Å². The first-order valence-electron chi connectivity index (χ1n) is 6.04. The van der Waals surface area contributed by atoms with Crippen LogP contribution in [-0.2, 0) is 0 Å². The van der Waals surface area contributed by atoms with Gasteiger partial charge in [-0.15, -0.1) is 0 Å². The molecule has 1 heterocycles. The number of aliphatic hydroxyl groups excluding tert-OH is 1. The number of rotatable bonds is 2. The second-order valence-corrected chi connectivity index (χ2v) is 5.35. The van der Waals surface area contributed by atoms with Crippen molar-refractivity contribution in [2.45, 2.75) is 25.3 Å². The third-order valence-electron chi connectivity index (χ3n) is 3.29. The number of hydrogen-bond donors (Lipinski definition) is 2. The van der Waals surface area contributed by atoms with Crippen molar-refractivity contribution < 1.29 is 15.0 Å². The number of piperidine rings is 1. The first kappa shape index (κ1) is 13.4. The SMILES string of the molecule is O=C(c1ccc(Br)c(O)c1)N1CCCCC1CO. The van der Waals surface area contributed by atoms with Gasteiger partial charge in [-0.1, -0.05) is 0 Å². The third kappa shape index (κ3) is 2.67. The van der Waals surface area contributed by atoms with E-state index in [1.54, 1.807) is 17.0 Å². The maximum atomic E-state index is 12.3. The van der Waals surface area contributed by atoms with Crippen LogP contribution in [0.2, 0.25) is 0 Å². The van der Waals surface area contributed by atoms with Crippen molar-refractivity contribution in [3.05, 3.63) is 28.2 Å². The van der Waals surface area contributed by atoms with Gasteiger partial charge in [-0.05, 0) is 53.4 Å². The van der Waals surface area contributed by atoms with Gasteiger partial charge in [0.25, 0.3) is 5.91 Å². The molecule has 0 radical (unpaired) electrons. The molecule has 1 atom stereocenters. The molecule has 0 bridgehead atoms. The summed E-state index contributed by atoms with van der Waals surface area (Å²) in [5.41, 5.74) is 0.455. The molecule has 0 aromatic heterocycles. The van der Waals surface area contributed by atoms with Crippen LogP contribution in [0.25, 0.3) is 0 Å². The van der Waals surface area contributed by atoms with Crippen LogP contribution in [0, 0.1) is 0 Å². The third-order valence-corrected chi connectivity index (χ3v) is 3.96. The van der Waals surface area contributed by atoms with Gasteiger partial charge < -0.3 is 15.1 Å². The number of halogens is 1. The van der Waals surface area contributed by atoms with E-state index in [-0.39, 0.29) is 24.3 Å². The summed E-state index contributed by atoms with van der Waals surface area (Å²) in [7, 11) is 0. The average Bonchev–Trinajstić information content (AvgIpc) is 2.41. The van der Waals surface area contributed by atoms with Gasteiger partial charge in [0.15, 0.2) is 0 Å². The smallest absolute Gasteiger partial charge is 0.254 e. The minimum absolute atomic E-state index is 0.00570. The summed E-state index contributed by atoms with van der Waals surface area (Å²) in [6, 6.07) is 4.68. The number of likely N-dealkylation sites (tertiary alicyclic amines) is 1. The van der Waals surface area contributed by atoms with E-state index in [9.17, 15) is 15.0 Å². The lowest BCUT2D eigenvalue weighted by atomic mass is 10.0. The lowest BCUT2D eigenvalue weighted by Crippen LogP contribution is -2.45. The van der Waals surface area contributed by atoms with E-state index < -0.39 is 0 Å². The fraction of sp³-hybridized carbons (Fsp3) is 0.462. The van der Waals surface area contributed by atoms with Crippen LogP contribution in [0.1, 0.15) is 29.6 Å². The van der Waals surface area contributed by atoms with Gasteiger partial charge in [-0.2, -0.15) is 0 Å². The molecule has 1 aliphatic heterocycles. The predicted molar refractivity (Wildman–Crippen MR) is 71.6 cm³/mol. The summed E-state index contributed by atoms with van der Waals surface area (Å²) < 4.78 is 0.566. The molecule has 1 aliphatic rings. The van der Waals surface area contributed by atoms with E-state index >= 15 is 0 Å². The van der Waals surface area contributed by atoms with E-state index in [1.807, 2.05) is 0 Å². The van der Waals surface area contributed by atoms with Crippen LogP contribution >= 0.6 is 15.9 Å². The van der Waals surface area contributed by atoms with Crippen molar-refractivity contribution in [3.63, 3.8) is 0 Å². The average molecular weight is 314 g/mol. The molecule has 1 saturated heterocycles. The van der Waals surface area contributed by atoms with Crippen molar-refractivity contribution >= 4 is 21.8 Å². The zero-order valence-electron chi connectivity index (χ0n) is 9.97. The number of carbonyl (C=O) groups excluding carboxylic acids is 1. The van der Waals surface area contributed by atoms with Gasteiger partial charge in [-0.25, -0.2) is 0 Å². The number of phenolic OH excluding ortho intramolecular Hbond substituents is 1. The summed E-state index contributed by atoms with van der Waals surface area (Å²) in [5.74, 6) is -0.0741. The Morgan fingerprint density at radius 3 is 2.89 bits per heavy atom. The molecule has 18 heavy (non-hydrogen) atoms. The van der Waals surface area contributed by atoms with Crippen LogP contribution in [-0.4, -0.2) is 40.2 Å². The normalized spacial score (nSPS) is 19.9. The predicted octanol–water partition coefficient (Wildman–Crippen LogP) is 2.14. The Kier molecular flexibility index (Phi) is 4.24. The van der Waals surface area contributed by atoms with E-state index in [2.05, 4.69) is 15.9 Å². The number of benzene rings is 1. The van der Waals surface area contributed by atoms with Crippen molar-refractivity contribution in [3.8, 4) is 5.75 Å². The number of phenols is 1. The van der Waals surface area contributed by atoms with Crippen LogP contribution in [0.5, 0.6) is 5.75 Å². The molecule has 5 heteroatoms. The molecule has 0 aliphatic carbocycles. The molecular weight excluding hydrogens is 298 g/mol. The standard InChI is InChI=1S/C13H16BrNO3/c14-11-5-4-9(7-12(11)17)13(18)15-6-2-1-3-10(15)8-16/h4-5,7,10,16-17H,1-3,6,8H2. The van der Waals surface area contributed by atoms with E-state index in [1.165, 1.54) is 6.07 Å². The van der Waals surface area contributed by atoms with Crippen molar-refractivity contribution in [2.24, 2.45) is 0 Å². The highest BCUT2D eigenvalue weighted by molar-refractivity contribution is 9.10. The van der Waals surface area contributed by atoms with Crippen LogP contribution in [0.15, 0.2) is 22.7 Å². The molecule has 1 amide bonds. The largest absolute Gasteiger partial charge is 0.507 e. The quantitative estimate of drug-likeness (QED) is 0.879. The summed E-state index contributed by atoms with van der Waals surface area (Å²) in [6.07, 6.45) is 2.84. The summed E-state index contributed by atoms with van der Waals surface area (Å²) in [6.45, 7) is 0.662. The molecule has 1 fully saturated rings. The maximum Gasteiger partial charge on any atom is 0.254 e. The second kappa shape index (κ2) is 5.71. The van der Waals surface area contributed by atoms with Crippen LogP contribution in [0.3, 0.4) is 0 Å². The fourth-order valence-corrected chi connectivity index (χ4v) is 2.52. The number of hydrogen-bond acceptors (Lipinski definition) is 3. The molecule has 98 valence electrons. The monoisotopic (exact) mass is 313 g/mol. The molecule has 1 aromatic carbocycles. The molecule has 4 nitrogen and oxygen atoms in total. The summed E-state index contributed by atoms with van der Waals surface area (Å²) in [5, 5.41) is 18.9. The first-order valence-corrected chi connectivity index (χ1v) is 6.83. The van der Waals surface area contributed by atoms with Crippen molar-refractivity contribution in [2.75, 3.05) is 13.2 Å². The Morgan fingerprint density at radius 2 is 2.22 bits per heavy atom. The molecule has 1 unspecified atom stereocenters. The number of amides is 1. The number of nitrogens with zero attached hydrogens (tertiary/aromatic N) is 1. The lowest BCUT2D eigenvalue weighted by molar-refractivity contribution is 0.0502. The molecule has 2 rings (SSSR count). The van der Waals surface area contributed by atoms with Crippen molar-refractivity contribution in [1.29, 1.82) is 0 Å². The lowest BCUT2D eigenvalue weighted by Gasteiger charge is -2.34. The Hall–Kier alpha value is -1.07. The van der Waals surface area contributed by atoms with Gasteiger partial charge >= 0.3 is 0 Å². The highest BCUT2D eigenvalue weighted by atomic mass is 79.9. The van der Waals surface area contributed by atoms with Crippen LogP contribution in [0.4, 0.5) is 0 Å². The Bertz CT molecular complexity index is 450. The Morgan fingerprint density at radius 1 is 1.44 bits per heavy atom. The van der Waals surface area contributed by atoms with Gasteiger partial charge in [0, 0.05) is 12.1 Å². The minimum atomic E-state index is -0.128. The van der Waals surface area contributed by atoms with Crippen LogP contribution < -0.4 is 0 Å². The summed E-state index contributed by atoms with van der Waals surface area (Å²) >= 11 is 3.19. The number of aliphatic hydroxyl groups is 1. The zero-order valence-corrected chi connectivity index (χ0v) is 11.6. The number of carbonyl (C=O) groups is 1. The Labute approximate surface area is 114 Å². The topological polar surface area (TPSA) is 60.8 Å². The minimum Gasteiger partial charge on any atom is -0.507 e. The highest BCUT2D eigenvalue weighted by Gasteiger charge is 2.27. The van der Waals surface area contributed by atoms with E-state index in [0.717, 1.165) is 19.3 Å². The Balaban J connectivity index is 2.21. The molecule has 2 N–H and O–H groups in total. The van der Waals surface area contributed by atoms with Gasteiger partial charge in [0.2, 0.25) is 0 Å². The maximum absolute atomic E-state index is 12.3. The molecular formula is C13H16BrNO3. The highest BCUT2D eigenvalue weighted by Crippen LogP contribution is 2.26. The number of aromatic hydroxyl groups is 1. The molecule has 1 aromatic rings.